The summed E-state index contributed by atoms with van der Waals surface area (Å²) < 4.78 is 0. The van der Waals surface area contributed by atoms with Crippen molar-refractivity contribution in [1.82, 2.24) is 0 Å². The van der Waals surface area contributed by atoms with E-state index >= 15 is 0 Å². The van der Waals surface area contributed by atoms with Crippen LogP contribution in [0.1, 0.15) is 64.7 Å². The highest BCUT2D eigenvalue weighted by molar-refractivity contribution is 5.85. The van der Waals surface area contributed by atoms with Crippen LogP contribution in [0.2, 0.25) is 0 Å². The van der Waals surface area contributed by atoms with E-state index in [1.54, 1.807) is 0 Å². The van der Waals surface area contributed by atoms with Crippen LogP contribution in [0.3, 0.4) is 0 Å². The Morgan fingerprint density at radius 2 is 1.57 bits per heavy atom. The highest BCUT2D eigenvalue weighted by atomic mass is 14.8. The minimum absolute atomic E-state index is 0.701. The average Bonchev–Trinajstić information content (AvgIpc) is 2.23. The Morgan fingerprint density at radius 1 is 0.929 bits per heavy atom. The van der Waals surface area contributed by atoms with E-state index < -0.39 is 0 Å². The summed E-state index contributed by atoms with van der Waals surface area (Å²) in [7, 11) is 0. The van der Waals surface area contributed by atoms with Crippen molar-refractivity contribution in [3.8, 4) is 0 Å². The lowest BCUT2D eigenvalue weighted by molar-refractivity contribution is 0.434. The highest BCUT2D eigenvalue weighted by Gasteiger charge is 2.16. The fourth-order valence-electron chi connectivity index (χ4n) is 2.69. The molecule has 0 saturated heterocycles. The van der Waals surface area contributed by atoms with Crippen molar-refractivity contribution in [3.05, 3.63) is 0 Å². The number of hydrogen-bond acceptors (Lipinski definition) is 1. The van der Waals surface area contributed by atoms with Gasteiger partial charge in [-0.2, -0.15) is 0 Å². The Morgan fingerprint density at radius 3 is 2.21 bits per heavy atom. The summed E-state index contributed by atoms with van der Waals surface area (Å²) in [5.41, 5.74) is 1.54. The topological polar surface area (TPSA) is 12.4 Å². The predicted octanol–water partition coefficient (Wildman–Crippen LogP) is 3.97. The van der Waals surface area contributed by atoms with Crippen molar-refractivity contribution in [3.63, 3.8) is 0 Å². The quantitative estimate of drug-likeness (QED) is 0.597. The molecule has 2 rings (SSSR count). The van der Waals surface area contributed by atoms with E-state index in [9.17, 15) is 0 Å². The molecule has 0 N–H and O–H groups in total. The molecule has 80 valence electrons. The molecule has 1 heteroatoms. The smallest absolute Gasteiger partial charge is 0.0499 e. The molecule has 2 aliphatic carbocycles. The van der Waals surface area contributed by atoms with Crippen LogP contribution in [-0.4, -0.2) is 11.8 Å². The molecule has 0 aromatic carbocycles. The van der Waals surface area contributed by atoms with Crippen molar-refractivity contribution in [1.29, 1.82) is 0 Å². The molecule has 0 aromatic heterocycles. The second-order valence-electron chi connectivity index (χ2n) is 5.17. The second-order valence-corrected chi connectivity index (χ2v) is 5.17. The molecule has 0 spiro atoms. The Balaban J connectivity index is 1.83. The monoisotopic (exact) mass is 193 g/mol. The first-order valence-electron chi connectivity index (χ1n) is 6.40. The lowest BCUT2D eigenvalue weighted by Crippen LogP contribution is -2.17. The minimum Gasteiger partial charge on any atom is -0.291 e. The first kappa shape index (κ1) is 10.2. The number of aliphatic imine (C=N–C) groups is 1. The van der Waals surface area contributed by atoms with Crippen molar-refractivity contribution < 1.29 is 0 Å². The number of rotatable bonds is 1. The van der Waals surface area contributed by atoms with Gasteiger partial charge >= 0.3 is 0 Å². The summed E-state index contributed by atoms with van der Waals surface area (Å²) in [5.74, 6) is 0.945. The van der Waals surface area contributed by atoms with Crippen LogP contribution in [0.5, 0.6) is 0 Å². The highest BCUT2D eigenvalue weighted by Crippen LogP contribution is 2.25. The van der Waals surface area contributed by atoms with E-state index in [1.807, 2.05) is 0 Å². The maximum atomic E-state index is 4.95. The Labute approximate surface area is 88.0 Å². The number of nitrogens with zero attached hydrogens (tertiary/aromatic N) is 1. The maximum Gasteiger partial charge on any atom is 0.0499 e. The molecule has 1 nitrogen and oxygen atoms in total. The fourth-order valence-corrected chi connectivity index (χ4v) is 2.69. The second kappa shape index (κ2) is 4.95. The molecule has 0 radical (unpaired) electrons. The Hall–Kier alpha value is -0.330. The SMILES string of the molecule is CC1CCC(=NC2CCCCC2)CC1. The number of hydrogen-bond donors (Lipinski definition) is 0. The zero-order valence-corrected chi connectivity index (χ0v) is 9.47. The molecule has 0 unspecified atom stereocenters. The van der Waals surface area contributed by atoms with Crippen LogP contribution >= 0.6 is 0 Å². The third-order valence-electron chi connectivity index (χ3n) is 3.79. The molecule has 0 atom stereocenters. The zero-order valence-electron chi connectivity index (χ0n) is 9.47. The van der Waals surface area contributed by atoms with E-state index in [4.69, 9.17) is 4.99 Å². The van der Waals surface area contributed by atoms with E-state index in [-0.39, 0.29) is 0 Å². The van der Waals surface area contributed by atoms with Gasteiger partial charge in [-0.1, -0.05) is 26.2 Å². The van der Waals surface area contributed by atoms with Gasteiger partial charge in [0.25, 0.3) is 0 Å². The molecule has 2 saturated carbocycles. The largest absolute Gasteiger partial charge is 0.291 e. The van der Waals surface area contributed by atoms with Crippen LogP contribution in [0.4, 0.5) is 0 Å². The van der Waals surface area contributed by atoms with Gasteiger partial charge in [-0.15, -0.1) is 0 Å². The summed E-state index contributed by atoms with van der Waals surface area (Å²) in [6.45, 7) is 2.37. The zero-order chi connectivity index (χ0) is 9.80. The van der Waals surface area contributed by atoms with E-state index in [0.717, 1.165) is 5.92 Å². The third-order valence-corrected chi connectivity index (χ3v) is 3.79. The van der Waals surface area contributed by atoms with Gasteiger partial charge < -0.3 is 0 Å². The van der Waals surface area contributed by atoms with E-state index in [1.165, 1.54) is 63.5 Å². The molecule has 2 aliphatic rings. The van der Waals surface area contributed by atoms with Crippen molar-refractivity contribution in [2.45, 2.75) is 70.8 Å². The van der Waals surface area contributed by atoms with Crippen molar-refractivity contribution in [2.24, 2.45) is 10.9 Å². The minimum atomic E-state index is 0.701. The summed E-state index contributed by atoms with van der Waals surface area (Å²) in [4.78, 5) is 4.95. The molecule has 14 heavy (non-hydrogen) atoms. The third kappa shape index (κ3) is 2.83. The van der Waals surface area contributed by atoms with Crippen molar-refractivity contribution in [2.75, 3.05) is 0 Å². The molecular weight excluding hydrogens is 170 g/mol. The normalized spacial score (nSPS) is 30.4. The predicted molar refractivity (Wildman–Crippen MR) is 61.9 cm³/mol. The summed E-state index contributed by atoms with van der Waals surface area (Å²) in [6.07, 6.45) is 12.3. The lowest BCUT2D eigenvalue weighted by Gasteiger charge is -2.23. The van der Waals surface area contributed by atoms with E-state index in [2.05, 4.69) is 6.92 Å². The van der Waals surface area contributed by atoms with Gasteiger partial charge in [0.2, 0.25) is 0 Å². The van der Waals surface area contributed by atoms with Gasteiger partial charge in [0.15, 0.2) is 0 Å². The van der Waals surface area contributed by atoms with Crippen LogP contribution in [0.15, 0.2) is 4.99 Å². The maximum absolute atomic E-state index is 4.95. The standard InChI is InChI=1S/C13H23N/c1-11-7-9-13(10-8-11)14-12-5-3-2-4-6-12/h11-12H,2-10H2,1H3. The lowest BCUT2D eigenvalue weighted by atomic mass is 9.88. The molecule has 0 bridgehead atoms. The summed E-state index contributed by atoms with van der Waals surface area (Å²) in [6, 6.07) is 0.701. The van der Waals surface area contributed by atoms with Crippen LogP contribution in [0.25, 0.3) is 0 Å². The molecular formula is C13H23N. The van der Waals surface area contributed by atoms with Gasteiger partial charge in [0.1, 0.15) is 0 Å². The fraction of sp³-hybridized carbons (Fsp3) is 0.923. The van der Waals surface area contributed by atoms with Gasteiger partial charge in [-0.05, 0) is 44.4 Å². The molecule has 0 amide bonds. The van der Waals surface area contributed by atoms with Crippen LogP contribution in [-0.2, 0) is 0 Å². The summed E-state index contributed by atoms with van der Waals surface area (Å²) >= 11 is 0. The first-order valence-corrected chi connectivity index (χ1v) is 6.40. The average molecular weight is 193 g/mol. The van der Waals surface area contributed by atoms with Crippen molar-refractivity contribution >= 4 is 5.71 Å². The van der Waals surface area contributed by atoms with E-state index in [0.29, 0.717) is 6.04 Å². The van der Waals surface area contributed by atoms with Gasteiger partial charge in [0.05, 0.1) is 0 Å². The Bertz CT molecular complexity index is 191. The van der Waals surface area contributed by atoms with Crippen LogP contribution < -0.4 is 0 Å². The summed E-state index contributed by atoms with van der Waals surface area (Å²) in [5, 5.41) is 0. The van der Waals surface area contributed by atoms with Gasteiger partial charge in [0, 0.05) is 11.8 Å². The molecule has 0 heterocycles. The van der Waals surface area contributed by atoms with Crippen LogP contribution in [0, 0.1) is 5.92 Å². The molecule has 2 fully saturated rings. The molecule has 0 aliphatic heterocycles. The first-order chi connectivity index (χ1) is 6.84. The van der Waals surface area contributed by atoms with Gasteiger partial charge in [-0.25, -0.2) is 0 Å². The Kier molecular flexibility index (Phi) is 3.61. The van der Waals surface area contributed by atoms with Gasteiger partial charge in [-0.3, -0.25) is 4.99 Å². The molecule has 0 aromatic rings.